The maximum Gasteiger partial charge on any atom is 0.251 e. The fourth-order valence-electron chi connectivity index (χ4n) is 4.18. The van der Waals surface area contributed by atoms with Gasteiger partial charge >= 0.3 is 0 Å². The molecule has 0 radical (unpaired) electrons. The van der Waals surface area contributed by atoms with Crippen molar-refractivity contribution in [3.63, 3.8) is 0 Å². The lowest BCUT2D eigenvalue weighted by Gasteiger charge is -2.32. The zero-order valence-corrected chi connectivity index (χ0v) is 19.8. The van der Waals surface area contributed by atoms with Crippen LogP contribution in [0.4, 0.5) is 0 Å². The van der Waals surface area contributed by atoms with Gasteiger partial charge in [-0.15, -0.1) is 0 Å². The van der Waals surface area contributed by atoms with Crippen LogP contribution in [0, 0.1) is 0 Å². The molecule has 2 aromatic carbocycles. The molecule has 6 nitrogen and oxygen atoms in total. The third kappa shape index (κ3) is 5.57. The molecule has 0 unspecified atom stereocenters. The van der Waals surface area contributed by atoms with Crippen molar-refractivity contribution in [2.45, 2.75) is 39.2 Å². The lowest BCUT2D eigenvalue weighted by atomic mass is 10.0. The maximum atomic E-state index is 12.6. The van der Waals surface area contributed by atoms with E-state index >= 15 is 0 Å². The van der Waals surface area contributed by atoms with Crippen LogP contribution in [0.2, 0.25) is 5.02 Å². The number of benzene rings is 2. The molecule has 7 heteroatoms. The van der Waals surface area contributed by atoms with Crippen molar-refractivity contribution in [1.29, 1.82) is 0 Å². The summed E-state index contributed by atoms with van der Waals surface area (Å²) in [6, 6.07) is 12.6. The van der Waals surface area contributed by atoms with E-state index < -0.39 is 0 Å². The molecule has 1 saturated heterocycles. The van der Waals surface area contributed by atoms with Gasteiger partial charge < -0.3 is 19.7 Å². The number of likely N-dealkylation sites (tertiary alicyclic amines) is 1. The van der Waals surface area contributed by atoms with Gasteiger partial charge in [-0.25, -0.2) is 0 Å². The Morgan fingerprint density at radius 2 is 1.88 bits per heavy atom. The molecule has 2 aromatic rings. The minimum absolute atomic E-state index is 0.0521. The number of rotatable bonds is 7. The molecule has 2 heterocycles. The summed E-state index contributed by atoms with van der Waals surface area (Å²) < 4.78 is 11.7. The van der Waals surface area contributed by atoms with Crippen LogP contribution in [-0.2, 0) is 0 Å². The normalized spacial score (nSPS) is 16.3. The van der Waals surface area contributed by atoms with Crippen molar-refractivity contribution in [3.8, 4) is 11.5 Å². The van der Waals surface area contributed by atoms with Gasteiger partial charge in [0.15, 0.2) is 5.76 Å². The van der Waals surface area contributed by atoms with Crippen molar-refractivity contribution in [3.05, 3.63) is 69.9 Å². The minimum Gasteiger partial charge on any atom is -0.493 e. The summed E-state index contributed by atoms with van der Waals surface area (Å²) in [4.78, 5) is 27.4. The number of hydrogen-bond acceptors (Lipinski definition) is 5. The SMILES string of the molecule is CC(C)=C1Oc2cccc(OCCCN3CCC(NC(=O)c4ccc(Cl)cc4)CC3)c2C1=O. The summed E-state index contributed by atoms with van der Waals surface area (Å²) in [5.74, 6) is 1.38. The number of carbonyl (C=O) groups excluding carboxylic acids is 2. The second-order valence-electron chi connectivity index (χ2n) is 8.69. The molecule has 1 amide bonds. The average Bonchev–Trinajstić information content (AvgIpc) is 3.16. The van der Waals surface area contributed by atoms with E-state index in [0.29, 0.717) is 40.0 Å². The molecule has 1 N–H and O–H groups in total. The van der Waals surface area contributed by atoms with E-state index in [2.05, 4.69) is 10.2 Å². The van der Waals surface area contributed by atoms with Gasteiger partial charge in [0, 0.05) is 36.3 Å². The van der Waals surface area contributed by atoms with E-state index in [1.807, 2.05) is 26.0 Å². The average molecular weight is 469 g/mol. The van der Waals surface area contributed by atoms with Crippen LogP contribution >= 0.6 is 11.6 Å². The second-order valence-corrected chi connectivity index (χ2v) is 9.12. The number of amides is 1. The predicted molar refractivity (Wildman–Crippen MR) is 128 cm³/mol. The van der Waals surface area contributed by atoms with Gasteiger partial charge in [0.05, 0.1) is 6.61 Å². The number of nitrogens with zero attached hydrogens (tertiary/aromatic N) is 1. The standard InChI is InChI=1S/C26H29ClN2O4/c1-17(2)25-24(30)23-21(5-3-6-22(23)33-25)32-16-4-13-29-14-11-20(12-15-29)28-26(31)18-7-9-19(27)10-8-18/h3,5-10,20H,4,11-16H2,1-2H3,(H,28,31). The molecule has 0 saturated carbocycles. The van der Waals surface area contributed by atoms with E-state index in [4.69, 9.17) is 21.1 Å². The lowest BCUT2D eigenvalue weighted by molar-refractivity contribution is 0.0909. The van der Waals surface area contributed by atoms with E-state index in [9.17, 15) is 9.59 Å². The minimum atomic E-state index is -0.108. The Balaban J connectivity index is 1.20. The maximum absolute atomic E-state index is 12.6. The first-order valence-electron chi connectivity index (χ1n) is 11.4. The smallest absolute Gasteiger partial charge is 0.251 e. The Kier molecular flexibility index (Phi) is 7.36. The van der Waals surface area contributed by atoms with E-state index in [1.54, 1.807) is 30.3 Å². The number of Topliss-reactive ketones (excluding diaryl/α,β-unsaturated/α-hetero) is 1. The van der Waals surface area contributed by atoms with Crippen LogP contribution in [0.5, 0.6) is 11.5 Å². The summed E-state index contributed by atoms with van der Waals surface area (Å²) in [6.45, 7) is 7.04. The zero-order chi connectivity index (χ0) is 23.4. The van der Waals surface area contributed by atoms with Crippen LogP contribution in [0.1, 0.15) is 53.8 Å². The third-order valence-electron chi connectivity index (χ3n) is 5.99. The summed E-state index contributed by atoms with van der Waals surface area (Å²) in [5.41, 5.74) is 2.01. The molecule has 0 aliphatic carbocycles. The summed E-state index contributed by atoms with van der Waals surface area (Å²) in [6.07, 6.45) is 2.70. The van der Waals surface area contributed by atoms with Crippen LogP contribution in [0.3, 0.4) is 0 Å². The number of allylic oxidation sites excluding steroid dienone is 2. The Morgan fingerprint density at radius 3 is 2.58 bits per heavy atom. The van der Waals surface area contributed by atoms with Crippen molar-refractivity contribution in [1.82, 2.24) is 10.2 Å². The fourth-order valence-corrected chi connectivity index (χ4v) is 4.31. The predicted octanol–water partition coefficient (Wildman–Crippen LogP) is 4.87. The molecule has 2 aliphatic rings. The molecule has 0 aromatic heterocycles. The van der Waals surface area contributed by atoms with Gasteiger partial charge in [-0.3, -0.25) is 9.59 Å². The van der Waals surface area contributed by atoms with Gasteiger partial charge in [0.2, 0.25) is 5.78 Å². The van der Waals surface area contributed by atoms with Gasteiger partial charge in [-0.2, -0.15) is 0 Å². The van der Waals surface area contributed by atoms with Gasteiger partial charge in [0.25, 0.3) is 5.91 Å². The van der Waals surface area contributed by atoms with Crippen LogP contribution in [-0.4, -0.2) is 48.9 Å². The van der Waals surface area contributed by atoms with Gasteiger partial charge in [0.1, 0.15) is 17.1 Å². The van der Waals surface area contributed by atoms with E-state index in [-0.39, 0.29) is 17.7 Å². The number of carbonyl (C=O) groups is 2. The summed E-state index contributed by atoms with van der Waals surface area (Å²) in [7, 11) is 0. The highest BCUT2D eigenvalue weighted by molar-refractivity contribution is 6.30. The highest BCUT2D eigenvalue weighted by atomic mass is 35.5. The van der Waals surface area contributed by atoms with Crippen molar-refractivity contribution >= 4 is 23.3 Å². The molecule has 0 bridgehead atoms. The molecule has 0 spiro atoms. The monoisotopic (exact) mass is 468 g/mol. The van der Waals surface area contributed by atoms with Crippen LogP contribution < -0.4 is 14.8 Å². The van der Waals surface area contributed by atoms with Crippen molar-refractivity contribution in [2.75, 3.05) is 26.2 Å². The Bertz CT molecular complexity index is 1050. The van der Waals surface area contributed by atoms with Gasteiger partial charge in [-0.05, 0) is 75.1 Å². The number of ether oxygens (including phenoxy) is 2. The fraction of sp³-hybridized carbons (Fsp3) is 0.385. The number of hydrogen-bond donors (Lipinski definition) is 1. The molecule has 174 valence electrons. The lowest BCUT2D eigenvalue weighted by Crippen LogP contribution is -2.45. The summed E-state index contributed by atoms with van der Waals surface area (Å²) in [5, 5.41) is 3.75. The highest BCUT2D eigenvalue weighted by Gasteiger charge is 2.31. The summed E-state index contributed by atoms with van der Waals surface area (Å²) >= 11 is 5.89. The first-order valence-corrected chi connectivity index (χ1v) is 11.7. The molecule has 1 fully saturated rings. The molecule has 4 rings (SSSR count). The number of nitrogens with one attached hydrogen (secondary N) is 1. The molecule has 2 aliphatic heterocycles. The molecule has 0 atom stereocenters. The quantitative estimate of drug-likeness (QED) is 0.463. The highest BCUT2D eigenvalue weighted by Crippen LogP contribution is 2.38. The van der Waals surface area contributed by atoms with Gasteiger partial charge in [-0.1, -0.05) is 17.7 Å². The number of piperidine rings is 1. The topological polar surface area (TPSA) is 67.9 Å². The van der Waals surface area contributed by atoms with Crippen molar-refractivity contribution in [2.24, 2.45) is 0 Å². The first-order chi connectivity index (χ1) is 15.9. The molecular weight excluding hydrogens is 440 g/mol. The second kappa shape index (κ2) is 10.4. The first kappa shape index (κ1) is 23.3. The van der Waals surface area contributed by atoms with E-state index in [0.717, 1.165) is 44.5 Å². The third-order valence-corrected chi connectivity index (χ3v) is 6.24. The zero-order valence-electron chi connectivity index (χ0n) is 19.0. The number of fused-ring (bicyclic) bond motifs is 1. The van der Waals surface area contributed by atoms with E-state index in [1.165, 1.54) is 0 Å². The Hall–Kier alpha value is -2.83. The Morgan fingerprint density at radius 1 is 1.15 bits per heavy atom. The molecule has 33 heavy (non-hydrogen) atoms. The Labute approximate surface area is 199 Å². The van der Waals surface area contributed by atoms with Crippen molar-refractivity contribution < 1.29 is 19.1 Å². The largest absolute Gasteiger partial charge is 0.493 e. The van der Waals surface area contributed by atoms with Crippen LogP contribution in [0.25, 0.3) is 0 Å². The number of halogens is 1. The number of ketones is 1. The molecular formula is C26H29ClN2O4. The van der Waals surface area contributed by atoms with Crippen LogP contribution in [0.15, 0.2) is 53.8 Å².